The summed E-state index contributed by atoms with van der Waals surface area (Å²) in [7, 11) is 1.91. The number of aromatic nitrogens is 2. The number of hydrogen-bond acceptors (Lipinski definition) is 3. The van der Waals surface area contributed by atoms with E-state index in [9.17, 15) is 0 Å². The molecule has 0 amide bonds. The van der Waals surface area contributed by atoms with Crippen LogP contribution in [0, 0.1) is 11.8 Å². The quantitative estimate of drug-likeness (QED) is 0.393. The molecule has 0 spiro atoms. The molecule has 1 aromatic rings. The van der Waals surface area contributed by atoms with Crippen LogP contribution in [0.15, 0.2) is 23.7 Å². The lowest BCUT2D eigenvalue weighted by molar-refractivity contribution is 0.177. The normalized spacial score (nSPS) is 25.3. The lowest BCUT2D eigenvalue weighted by Crippen LogP contribution is -2.50. The van der Waals surface area contributed by atoms with Crippen LogP contribution in [0.5, 0.6) is 0 Å². The highest BCUT2D eigenvalue weighted by Crippen LogP contribution is 2.27. The molecule has 3 rings (SSSR count). The Labute approximate surface area is 181 Å². The highest BCUT2D eigenvalue weighted by atomic mass is 127. The van der Waals surface area contributed by atoms with Crippen LogP contribution in [0.3, 0.4) is 0 Å². The molecule has 7 heteroatoms. The minimum Gasteiger partial charge on any atom is -0.356 e. The molecule has 2 atom stereocenters. The van der Waals surface area contributed by atoms with Crippen LogP contribution in [0.25, 0.3) is 0 Å². The van der Waals surface area contributed by atoms with Crippen LogP contribution in [-0.4, -0.2) is 71.6 Å². The number of piperidine rings is 2. The van der Waals surface area contributed by atoms with Gasteiger partial charge in [0, 0.05) is 39.1 Å². The van der Waals surface area contributed by atoms with Gasteiger partial charge in [-0.15, -0.1) is 24.0 Å². The zero-order valence-electron chi connectivity index (χ0n) is 17.2. The van der Waals surface area contributed by atoms with E-state index in [2.05, 4.69) is 49.7 Å². The van der Waals surface area contributed by atoms with Crippen LogP contribution < -0.4 is 5.32 Å². The third-order valence-electron chi connectivity index (χ3n) is 6.13. The summed E-state index contributed by atoms with van der Waals surface area (Å²) >= 11 is 0. The minimum atomic E-state index is 0. The Morgan fingerprint density at radius 2 is 2.00 bits per heavy atom. The van der Waals surface area contributed by atoms with Crippen molar-refractivity contribution < 1.29 is 0 Å². The van der Waals surface area contributed by atoms with Crippen molar-refractivity contribution in [3.63, 3.8) is 0 Å². The number of nitrogens with one attached hydrogen (secondary N) is 1. The van der Waals surface area contributed by atoms with Gasteiger partial charge in [0.15, 0.2) is 5.96 Å². The molecule has 2 saturated heterocycles. The second-order valence-electron chi connectivity index (χ2n) is 8.00. The number of nitrogens with zero attached hydrogens (tertiary/aromatic N) is 5. The van der Waals surface area contributed by atoms with E-state index < -0.39 is 0 Å². The smallest absolute Gasteiger partial charge is 0.193 e. The number of rotatable bonds is 5. The molecule has 2 aliphatic rings. The van der Waals surface area contributed by atoms with E-state index in [-0.39, 0.29) is 24.0 Å². The summed E-state index contributed by atoms with van der Waals surface area (Å²) in [5.74, 6) is 2.51. The van der Waals surface area contributed by atoms with Gasteiger partial charge in [0.05, 0.1) is 12.4 Å². The summed E-state index contributed by atoms with van der Waals surface area (Å²) in [5.41, 5.74) is 0. The van der Waals surface area contributed by atoms with Gasteiger partial charge in [0.25, 0.3) is 0 Å². The minimum absolute atomic E-state index is 0. The van der Waals surface area contributed by atoms with Gasteiger partial charge in [0.2, 0.25) is 0 Å². The molecular weight excluding hydrogens is 451 g/mol. The van der Waals surface area contributed by atoms with Crippen molar-refractivity contribution in [1.29, 1.82) is 0 Å². The Balaban J connectivity index is 0.00000261. The van der Waals surface area contributed by atoms with Gasteiger partial charge < -0.3 is 19.7 Å². The molecule has 3 heterocycles. The molecule has 2 unspecified atom stereocenters. The predicted molar refractivity (Wildman–Crippen MR) is 123 cm³/mol. The molecule has 2 fully saturated rings. The molecule has 0 bridgehead atoms. The average molecular weight is 488 g/mol. The number of likely N-dealkylation sites (tertiary alicyclic amines) is 2. The zero-order chi connectivity index (χ0) is 18.4. The third-order valence-corrected chi connectivity index (χ3v) is 6.13. The number of imidazole rings is 1. The fourth-order valence-electron chi connectivity index (χ4n) is 4.39. The molecule has 154 valence electrons. The first-order chi connectivity index (χ1) is 12.7. The number of hydrogen-bond donors (Lipinski definition) is 1. The molecule has 0 radical (unpaired) electrons. The van der Waals surface area contributed by atoms with Crippen molar-refractivity contribution in [2.75, 3.05) is 46.3 Å². The SMILES string of the molecule is CCCN1CCC(CNC(=NC)N2CCC(C)C(n3ccnc3)C2)CC1.I. The lowest BCUT2D eigenvalue weighted by Gasteiger charge is -2.40. The Kier molecular flexibility index (Phi) is 9.35. The van der Waals surface area contributed by atoms with E-state index in [1.54, 1.807) is 0 Å². The average Bonchev–Trinajstić information content (AvgIpc) is 3.19. The second-order valence-corrected chi connectivity index (χ2v) is 8.00. The molecule has 0 aromatic carbocycles. The fraction of sp³-hybridized carbons (Fsp3) is 0.800. The van der Waals surface area contributed by atoms with E-state index in [1.165, 1.54) is 45.3 Å². The summed E-state index contributed by atoms with van der Waals surface area (Å²) in [6.45, 7) is 11.5. The van der Waals surface area contributed by atoms with Crippen molar-refractivity contribution in [3.8, 4) is 0 Å². The number of aliphatic imine (C=N–C) groups is 1. The van der Waals surface area contributed by atoms with Crippen molar-refractivity contribution in [2.45, 2.75) is 45.6 Å². The van der Waals surface area contributed by atoms with E-state index in [0.717, 1.165) is 31.5 Å². The van der Waals surface area contributed by atoms with Crippen molar-refractivity contribution in [2.24, 2.45) is 16.8 Å². The van der Waals surface area contributed by atoms with Crippen LogP contribution in [0.2, 0.25) is 0 Å². The highest BCUT2D eigenvalue weighted by Gasteiger charge is 2.29. The highest BCUT2D eigenvalue weighted by molar-refractivity contribution is 14.0. The molecule has 1 aromatic heterocycles. The summed E-state index contributed by atoms with van der Waals surface area (Å²) < 4.78 is 2.26. The van der Waals surface area contributed by atoms with Gasteiger partial charge in [-0.2, -0.15) is 0 Å². The summed E-state index contributed by atoms with van der Waals surface area (Å²) in [5, 5.41) is 3.67. The van der Waals surface area contributed by atoms with Gasteiger partial charge >= 0.3 is 0 Å². The van der Waals surface area contributed by atoms with Crippen LogP contribution in [-0.2, 0) is 0 Å². The molecule has 1 N–H and O–H groups in total. The van der Waals surface area contributed by atoms with Gasteiger partial charge in [-0.3, -0.25) is 4.99 Å². The molecule has 27 heavy (non-hydrogen) atoms. The Hall–Kier alpha value is -0.830. The van der Waals surface area contributed by atoms with Crippen LogP contribution in [0.4, 0.5) is 0 Å². The number of halogens is 1. The van der Waals surface area contributed by atoms with Crippen molar-refractivity contribution in [3.05, 3.63) is 18.7 Å². The standard InChI is InChI=1S/C20H36N6.HI/c1-4-9-24-10-6-18(7-11-24)14-23-20(21-3)25-12-5-17(2)19(15-25)26-13-8-22-16-26;/h8,13,16-19H,4-7,9-12,14-15H2,1-3H3,(H,21,23);1H. The van der Waals surface area contributed by atoms with Gasteiger partial charge in [-0.25, -0.2) is 4.98 Å². The van der Waals surface area contributed by atoms with Crippen molar-refractivity contribution in [1.82, 2.24) is 24.7 Å². The summed E-state index contributed by atoms with van der Waals surface area (Å²) in [4.78, 5) is 13.8. The van der Waals surface area contributed by atoms with Gasteiger partial charge in [-0.1, -0.05) is 13.8 Å². The van der Waals surface area contributed by atoms with E-state index in [1.807, 2.05) is 19.6 Å². The molecular formula is C20H37IN6. The first-order valence-electron chi connectivity index (χ1n) is 10.4. The molecule has 0 saturated carbocycles. The summed E-state index contributed by atoms with van der Waals surface area (Å²) in [6.07, 6.45) is 11.0. The molecule has 2 aliphatic heterocycles. The monoisotopic (exact) mass is 488 g/mol. The van der Waals surface area contributed by atoms with E-state index in [4.69, 9.17) is 0 Å². The largest absolute Gasteiger partial charge is 0.356 e. The zero-order valence-corrected chi connectivity index (χ0v) is 19.5. The van der Waals surface area contributed by atoms with Crippen LogP contribution >= 0.6 is 24.0 Å². The number of guanidine groups is 1. The van der Waals surface area contributed by atoms with E-state index in [0.29, 0.717) is 12.0 Å². The van der Waals surface area contributed by atoms with Crippen molar-refractivity contribution >= 4 is 29.9 Å². The maximum atomic E-state index is 4.58. The second kappa shape index (κ2) is 11.2. The van der Waals surface area contributed by atoms with Crippen LogP contribution in [0.1, 0.15) is 45.6 Å². The Bertz CT molecular complexity index is 553. The Morgan fingerprint density at radius 1 is 1.22 bits per heavy atom. The predicted octanol–water partition coefficient (Wildman–Crippen LogP) is 3.08. The van der Waals surface area contributed by atoms with Gasteiger partial charge in [0.1, 0.15) is 0 Å². The van der Waals surface area contributed by atoms with Gasteiger partial charge in [-0.05, 0) is 57.2 Å². The molecule has 0 aliphatic carbocycles. The summed E-state index contributed by atoms with van der Waals surface area (Å²) in [6, 6.07) is 0.474. The first kappa shape index (κ1) is 22.5. The molecule has 6 nitrogen and oxygen atoms in total. The third kappa shape index (κ3) is 6.07. The lowest BCUT2D eigenvalue weighted by atomic mass is 9.93. The first-order valence-corrected chi connectivity index (χ1v) is 10.4. The maximum Gasteiger partial charge on any atom is 0.193 e. The van der Waals surface area contributed by atoms with E-state index >= 15 is 0 Å². The maximum absolute atomic E-state index is 4.58. The fourth-order valence-corrected chi connectivity index (χ4v) is 4.39. The Morgan fingerprint density at radius 3 is 2.63 bits per heavy atom. The topological polar surface area (TPSA) is 48.7 Å².